The van der Waals surface area contributed by atoms with E-state index in [2.05, 4.69) is 6.07 Å². The van der Waals surface area contributed by atoms with Gasteiger partial charge in [0.25, 0.3) is 0 Å². The van der Waals surface area contributed by atoms with Gasteiger partial charge in [0.15, 0.2) is 0 Å². The second-order valence-corrected chi connectivity index (χ2v) is 6.55. The Kier molecular flexibility index (Phi) is 4.93. The normalized spacial score (nSPS) is 10.4. The monoisotopic (exact) mass is 396 g/mol. The van der Waals surface area contributed by atoms with Gasteiger partial charge in [-0.1, -0.05) is 30.3 Å². The summed E-state index contributed by atoms with van der Waals surface area (Å²) < 4.78 is 7.47. The smallest absolute Gasteiger partial charge is 0.339 e. The fourth-order valence-corrected chi connectivity index (χ4v) is 3.11. The van der Waals surface area contributed by atoms with Gasteiger partial charge in [0.1, 0.15) is 28.9 Å². The lowest BCUT2D eigenvalue weighted by Gasteiger charge is -2.07. The van der Waals surface area contributed by atoms with E-state index < -0.39 is 5.97 Å². The standard InChI is InChI=1S/C24H16N2O4/c25-13-17-14-26(18-8-11-21(24(28)29)23(27)12-18)15-22(17)16-6-9-20(10-7-16)30-19-4-2-1-3-5-19/h1-12,14-15,27H,(H,28,29). The molecule has 0 saturated carbocycles. The summed E-state index contributed by atoms with van der Waals surface area (Å²) in [4.78, 5) is 11.1. The molecular formula is C24H16N2O4. The van der Waals surface area contributed by atoms with Crippen LogP contribution in [0.5, 0.6) is 17.2 Å². The lowest BCUT2D eigenvalue weighted by atomic mass is 10.1. The minimum Gasteiger partial charge on any atom is -0.507 e. The zero-order valence-electron chi connectivity index (χ0n) is 15.7. The van der Waals surface area contributed by atoms with Crippen LogP contribution in [-0.2, 0) is 0 Å². The fraction of sp³-hybridized carbons (Fsp3) is 0. The second-order valence-electron chi connectivity index (χ2n) is 6.55. The van der Waals surface area contributed by atoms with E-state index in [9.17, 15) is 15.2 Å². The summed E-state index contributed by atoms with van der Waals surface area (Å²) in [7, 11) is 0. The first-order valence-electron chi connectivity index (χ1n) is 9.07. The molecule has 6 heteroatoms. The van der Waals surface area contributed by atoms with Crippen molar-refractivity contribution in [2.75, 3.05) is 0 Å². The van der Waals surface area contributed by atoms with Crippen LogP contribution in [0.4, 0.5) is 0 Å². The number of aromatic hydroxyl groups is 1. The average molecular weight is 396 g/mol. The fourth-order valence-electron chi connectivity index (χ4n) is 3.11. The van der Waals surface area contributed by atoms with Gasteiger partial charge in [0, 0.05) is 29.7 Å². The lowest BCUT2D eigenvalue weighted by Crippen LogP contribution is -1.98. The molecule has 4 rings (SSSR count). The van der Waals surface area contributed by atoms with Gasteiger partial charge in [-0.15, -0.1) is 0 Å². The van der Waals surface area contributed by atoms with Crippen LogP contribution in [0, 0.1) is 11.3 Å². The Balaban J connectivity index is 1.64. The van der Waals surface area contributed by atoms with Crippen LogP contribution < -0.4 is 4.74 Å². The van der Waals surface area contributed by atoms with E-state index >= 15 is 0 Å². The van der Waals surface area contributed by atoms with Crippen molar-refractivity contribution in [2.45, 2.75) is 0 Å². The number of hydrogen-bond donors (Lipinski definition) is 2. The highest BCUT2D eigenvalue weighted by molar-refractivity contribution is 5.91. The number of aromatic nitrogens is 1. The molecule has 0 saturated heterocycles. The first-order valence-corrected chi connectivity index (χ1v) is 9.07. The first kappa shape index (κ1) is 18.8. The lowest BCUT2D eigenvalue weighted by molar-refractivity contribution is 0.0693. The molecule has 30 heavy (non-hydrogen) atoms. The van der Waals surface area contributed by atoms with Crippen molar-refractivity contribution < 1.29 is 19.7 Å². The highest BCUT2D eigenvalue weighted by Gasteiger charge is 2.13. The predicted octanol–water partition coefficient (Wildman–Crippen LogP) is 5.21. The number of carbonyl (C=O) groups is 1. The van der Waals surface area contributed by atoms with Crippen molar-refractivity contribution >= 4 is 5.97 Å². The third kappa shape index (κ3) is 3.73. The summed E-state index contributed by atoms with van der Waals surface area (Å²) in [6.45, 7) is 0. The van der Waals surface area contributed by atoms with E-state index in [1.54, 1.807) is 23.0 Å². The Labute approximate surface area is 172 Å². The molecule has 4 aromatic rings. The largest absolute Gasteiger partial charge is 0.507 e. The molecule has 0 aliphatic rings. The van der Waals surface area contributed by atoms with Crippen LogP contribution in [0.15, 0.2) is 85.2 Å². The molecule has 0 amide bonds. The van der Waals surface area contributed by atoms with Crippen LogP contribution in [0.1, 0.15) is 15.9 Å². The maximum atomic E-state index is 11.1. The number of carboxylic acid groups (broad SMARTS) is 1. The molecule has 0 spiro atoms. The number of nitrogens with zero attached hydrogens (tertiary/aromatic N) is 2. The number of para-hydroxylation sites is 1. The van der Waals surface area contributed by atoms with Gasteiger partial charge in [-0.3, -0.25) is 0 Å². The first-order chi connectivity index (χ1) is 14.5. The summed E-state index contributed by atoms with van der Waals surface area (Å²) >= 11 is 0. The SMILES string of the molecule is N#Cc1cn(-c2ccc(C(=O)O)c(O)c2)cc1-c1ccc(Oc2ccccc2)cc1. The number of carboxylic acids is 1. The van der Waals surface area contributed by atoms with Gasteiger partial charge in [0.05, 0.1) is 5.56 Å². The van der Waals surface area contributed by atoms with Crippen LogP contribution in [0.3, 0.4) is 0 Å². The minimum atomic E-state index is -1.21. The summed E-state index contributed by atoms with van der Waals surface area (Å²) in [5, 5.41) is 28.6. The Morgan fingerprint density at radius 3 is 2.27 bits per heavy atom. The molecule has 0 radical (unpaired) electrons. The van der Waals surface area contributed by atoms with Crippen molar-refractivity contribution in [3.8, 4) is 40.1 Å². The number of phenols is 1. The van der Waals surface area contributed by atoms with E-state index in [0.29, 0.717) is 22.6 Å². The maximum Gasteiger partial charge on any atom is 0.339 e. The minimum absolute atomic E-state index is 0.180. The molecule has 0 aliphatic carbocycles. The van der Waals surface area contributed by atoms with Gasteiger partial charge in [-0.05, 0) is 42.0 Å². The summed E-state index contributed by atoms with van der Waals surface area (Å²) in [5.74, 6) is -0.130. The molecule has 0 aliphatic heterocycles. The molecule has 0 unspecified atom stereocenters. The van der Waals surface area contributed by atoms with Gasteiger partial charge in [-0.25, -0.2) is 4.79 Å². The van der Waals surface area contributed by atoms with E-state index in [-0.39, 0.29) is 11.3 Å². The molecule has 1 aromatic heterocycles. The Morgan fingerprint density at radius 1 is 0.933 bits per heavy atom. The Morgan fingerprint density at radius 2 is 1.63 bits per heavy atom. The summed E-state index contributed by atoms with van der Waals surface area (Å²) in [6, 6.07) is 23.3. The number of rotatable bonds is 5. The highest BCUT2D eigenvalue weighted by atomic mass is 16.5. The number of benzene rings is 3. The van der Waals surface area contributed by atoms with Gasteiger partial charge < -0.3 is 19.5 Å². The summed E-state index contributed by atoms with van der Waals surface area (Å²) in [5.41, 5.74) is 2.36. The van der Waals surface area contributed by atoms with Gasteiger partial charge in [-0.2, -0.15) is 5.26 Å². The highest BCUT2D eigenvalue weighted by Crippen LogP contribution is 2.30. The number of ether oxygens (including phenoxy) is 1. The predicted molar refractivity (Wildman–Crippen MR) is 111 cm³/mol. The average Bonchev–Trinajstić information content (AvgIpc) is 3.19. The topological polar surface area (TPSA) is 95.5 Å². The molecule has 0 fully saturated rings. The Bertz CT molecular complexity index is 1250. The van der Waals surface area contributed by atoms with E-state index in [1.165, 1.54) is 12.1 Å². The van der Waals surface area contributed by atoms with Gasteiger partial charge in [0.2, 0.25) is 0 Å². The molecular weight excluding hydrogens is 380 g/mol. The molecule has 6 nitrogen and oxygen atoms in total. The zero-order valence-corrected chi connectivity index (χ0v) is 15.7. The van der Waals surface area contributed by atoms with Crippen molar-refractivity contribution in [2.24, 2.45) is 0 Å². The third-order valence-electron chi connectivity index (χ3n) is 4.60. The number of hydrogen-bond acceptors (Lipinski definition) is 4. The third-order valence-corrected chi connectivity index (χ3v) is 4.60. The maximum absolute atomic E-state index is 11.1. The Hall–Kier alpha value is -4.50. The molecule has 3 aromatic carbocycles. The van der Waals surface area contributed by atoms with Crippen LogP contribution >= 0.6 is 0 Å². The van der Waals surface area contributed by atoms with E-state index in [1.807, 2.05) is 54.6 Å². The summed E-state index contributed by atoms with van der Waals surface area (Å²) in [6.07, 6.45) is 3.40. The molecule has 146 valence electrons. The van der Waals surface area contributed by atoms with Crippen LogP contribution in [0.25, 0.3) is 16.8 Å². The van der Waals surface area contributed by atoms with Gasteiger partial charge >= 0.3 is 5.97 Å². The zero-order chi connectivity index (χ0) is 21.1. The van der Waals surface area contributed by atoms with Crippen molar-refractivity contribution in [1.29, 1.82) is 5.26 Å². The molecule has 1 heterocycles. The molecule has 2 N–H and O–H groups in total. The second kappa shape index (κ2) is 7.86. The quantitative estimate of drug-likeness (QED) is 0.483. The molecule has 0 atom stereocenters. The van der Waals surface area contributed by atoms with E-state index in [4.69, 9.17) is 9.84 Å². The van der Waals surface area contributed by atoms with Crippen molar-refractivity contribution in [3.05, 3.63) is 96.3 Å². The van der Waals surface area contributed by atoms with Crippen LogP contribution in [0.2, 0.25) is 0 Å². The molecule has 0 bridgehead atoms. The van der Waals surface area contributed by atoms with Crippen molar-refractivity contribution in [1.82, 2.24) is 4.57 Å². The van der Waals surface area contributed by atoms with E-state index in [0.717, 1.165) is 11.3 Å². The van der Waals surface area contributed by atoms with Crippen molar-refractivity contribution in [3.63, 3.8) is 0 Å². The number of aromatic carboxylic acids is 1. The van der Waals surface area contributed by atoms with Crippen LogP contribution in [-0.4, -0.2) is 20.7 Å². The number of nitriles is 1.